The van der Waals surface area contributed by atoms with Gasteiger partial charge in [-0.15, -0.1) is 0 Å². The van der Waals surface area contributed by atoms with Crippen LogP contribution in [-0.4, -0.2) is 21.6 Å². The monoisotopic (exact) mass is 390 g/mol. The van der Waals surface area contributed by atoms with E-state index in [1.54, 1.807) is 19.2 Å². The Morgan fingerprint density at radius 3 is 2.38 bits per heavy atom. The van der Waals surface area contributed by atoms with Crippen molar-refractivity contribution < 1.29 is 9.13 Å². The molecule has 0 saturated heterocycles. The largest absolute Gasteiger partial charge is 0.495 e. The number of hydrogen-bond acceptors (Lipinski definition) is 4. The summed E-state index contributed by atoms with van der Waals surface area (Å²) in [4.78, 5) is 9.38. The first-order valence-corrected chi connectivity index (χ1v) is 9.43. The van der Waals surface area contributed by atoms with E-state index in [0.29, 0.717) is 5.82 Å². The molecule has 2 aromatic heterocycles. The predicted molar refractivity (Wildman–Crippen MR) is 114 cm³/mol. The molecule has 6 heteroatoms. The first-order valence-electron chi connectivity index (χ1n) is 9.43. The van der Waals surface area contributed by atoms with E-state index in [1.807, 2.05) is 43.5 Å². The van der Waals surface area contributed by atoms with Crippen LogP contribution in [0, 0.1) is 33.5 Å². The number of anilines is 2. The molecule has 0 spiro atoms. The van der Waals surface area contributed by atoms with Crippen LogP contribution < -0.4 is 10.1 Å². The summed E-state index contributed by atoms with van der Waals surface area (Å²) in [6, 6.07) is 12.4. The highest BCUT2D eigenvalue weighted by atomic mass is 19.1. The Morgan fingerprint density at radius 2 is 1.69 bits per heavy atom. The normalized spacial score (nSPS) is 11.1. The van der Waals surface area contributed by atoms with Gasteiger partial charge in [0.15, 0.2) is 5.65 Å². The Morgan fingerprint density at radius 1 is 0.966 bits per heavy atom. The van der Waals surface area contributed by atoms with E-state index in [9.17, 15) is 4.39 Å². The summed E-state index contributed by atoms with van der Waals surface area (Å²) in [5.41, 5.74) is 5.71. The molecule has 0 aliphatic heterocycles. The number of nitrogens with zero attached hydrogens (tertiary/aromatic N) is 3. The summed E-state index contributed by atoms with van der Waals surface area (Å²) >= 11 is 0. The van der Waals surface area contributed by atoms with Crippen molar-refractivity contribution in [2.75, 3.05) is 12.4 Å². The lowest BCUT2D eigenvalue weighted by Gasteiger charge is -2.13. The van der Waals surface area contributed by atoms with Gasteiger partial charge in [-0.25, -0.2) is 14.4 Å². The molecule has 2 heterocycles. The summed E-state index contributed by atoms with van der Waals surface area (Å²) in [7, 11) is 1.65. The molecular formula is C23H23FN4O. The number of aromatic nitrogens is 3. The third kappa shape index (κ3) is 3.31. The van der Waals surface area contributed by atoms with Gasteiger partial charge >= 0.3 is 0 Å². The summed E-state index contributed by atoms with van der Waals surface area (Å²) in [5.74, 6) is 1.84. The summed E-state index contributed by atoms with van der Waals surface area (Å²) in [6.45, 7) is 7.98. The lowest BCUT2D eigenvalue weighted by Crippen LogP contribution is -2.03. The minimum atomic E-state index is -0.265. The number of methoxy groups -OCH3 is 1. The van der Waals surface area contributed by atoms with Gasteiger partial charge in [0.1, 0.15) is 23.2 Å². The van der Waals surface area contributed by atoms with Crippen LogP contribution in [0.3, 0.4) is 0 Å². The highest BCUT2D eigenvalue weighted by Crippen LogP contribution is 2.35. The maximum absolute atomic E-state index is 13.4. The molecule has 5 nitrogen and oxygen atoms in total. The number of halogens is 1. The van der Waals surface area contributed by atoms with Crippen molar-refractivity contribution in [3.8, 4) is 11.4 Å². The summed E-state index contributed by atoms with van der Waals surface area (Å²) in [5, 5.41) is 4.37. The first-order chi connectivity index (χ1) is 13.9. The van der Waals surface area contributed by atoms with Gasteiger partial charge in [0, 0.05) is 11.4 Å². The van der Waals surface area contributed by atoms with Gasteiger partial charge < -0.3 is 10.1 Å². The number of rotatable bonds is 4. The van der Waals surface area contributed by atoms with E-state index < -0.39 is 0 Å². The minimum absolute atomic E-state index is 0.265. The average Bonchev–Trinajstić information content (AvgIpc) is 2.93. The molecule has 0 saturated carbocycles. The van der Waals surface area contributed by atoms with E-state index in [1.165, 1.54) is 12.1 Å². The Balaban J connectivity index is 1.94. The molecule has 0 aliphatic rings. The topological polar surface area (TPSA) is 52.0 Å². The van der Waals surface area contributed by atoms with E-state index in [2.05, 4.69) is 17.2 Å². The van der Waals surface area contributed by atoms with E-state index in [0.717, 1.165) is 50.8 Å². The van der Waals surface area contributed by atoms with Gasteiger partial charge in [-0.05, 0) is 75.2 Å². The van der Waals surface area contributed by atoms with Gasteiger partial charge in [0.25, 0.3) is 0 Å². The number of ether oxygens (including phenoxy) is 1. The summed E-state index contributed by atoms with van der Waals surface area (Å²) < 4.78 is 21.0. The Kier molecular flexibility index (Phi) is 4.70. The second-order valence-electron chi connectivity index (χ2n) is 7.17. The zero-order valence-electron chi connectivity index (χ0n) is 17.2. The number of benzene rings is 2. The minimum Gasteiger partial charge on any atom is -0.495 e. The zero-order chi connectivity index (χ0) is 20.7. The van der Waals surface area contributed by atoms with Crippen LogP contribution in [0.1, 0.15) is 22.6 Å². The molecule has 1 N–H and O–H groups in total. The molecular weight excluding hydrogens is 367 g/mol. The molecule has 29 heavy (non-hydrogen) atoms. The molecule has 0 unspecified atom stereocenters. The third-order valence-electron chi connectivity index (χ3n) is 5.16. The SMILES string of the molecule is COc1ccc(C)cc1Nc1nc(C)nc2c1c(C)c(C)n2-c1ccc(F)cc1. The lowest BCUT2D eigenvalue weighted by molar-refractivity contribution is 0.416. The average molecular weight is 390 g/mol. The van der Waals surface area contributed by atoms with Crippen LogP contribution in [-0.2, 0) is 0 Å². The van der Waals surface area contributed by atoms with Crippen LogP contribution in [0.5, 0.6) is 5.75 Å². The number of nitrogens with one attached hydrogen (secondary N) is 1. The zero-order valence-corrected chi connectivity index (χ0v) is 17.2. The van der Waals surface area contributed by atoms with Gasteiger partial charge in [0.2, 0.25) is 0 Å². The van der Waals surface area contributed by atoms with Crippen LogP contribution in [0.15, 0.2) is 42.5 Å². The van der Waals surface area contributed by atoms with Gasteiger partial charge in [-0.2, -0.15) is 0 Å². The Bertz CT molecular complexity index is 1210. The van der Waals surface area contributed by atoms with E-state index >= 15 is 0 Å². The molecule has 2 aromatic carbocycles. The van der Waals surface area contributed by atoms with Crippen molar-refractivity contribution >= 4 is 22.5 Å². The highest BCUT2D eigenvalue weighted by Gasteiger charge is 2.19. The Labute approximate surface area is 169 Å². The lowest BCUT2D eigenvalue weighted by atomic mass is 10.2. The number of hydrogen-bond donors (Lipinski definition) is 1. The summed E-state index contributed by atoms with van der Waals surface area (Å²) in [6.07, 6.45) is 0. The molecule has 0 radical (unpaired) electrons. The van der Waals surface area contributed by atoms with Crippen LogP contribution >= 0.6 is 0 Å². The van der Waals surface area contributed by atoms with Crippen LogP contribution in [0.4, 0.5) is 15.9 Å². The fraction of sp³-hybridized carbons (Fsp3) is 0.217. The standard InChI is InChI=1S/C23H23FN4O/c1-13-6-11-20(29-5)19(12-13)27-22-21-14(2)15(3)28(23(21)26-16(4)25-22)18-9-7-17(24)8-10-18/h6-12H,1-5H3,(H,25,26,27). The smallest absolute Gasteiger partial charge is 0.150 e. The fourth-order valence-electron chi connectivity index (χ4n) is 3.62. The number of aryl methyl sites for hydroxylation is 3. The maximum atomic E-state index is 13.4. The van der Waals surface area contributed by atoms with Gasteiger partial charge in [-0.3, -0.25) is 4.57 Å². The second kappa shape index (κ2) is 7.20. The van der Waals surface area contributed by atoms with Gasteiger partial charge in [0.05, 0.1) is 18.2 Å². The molecule has 0 amide bonds. The molecule has 148 valence electrons. The van der Waals surface area contributed by atoms with E-state index in [-0.39, 0.29) is 5.82 Å². The van der Waals surface area contributed by atoms with Crippen molar-refractivity contribution in [3.05, 3.63) is 70.9 Å². The van der Waals surface area contributed by atoms with Crippen molar-refractivity contribution in [1.29, 1.82) is 0 Å². The Hall–Kier alpha value is -3.41. The first kappa shape index (κ1) is 18.9. The molecule has 4 aromatic rings. The molecule has 0 fully saturated rings. The maximum Gasteiger partial charge on any atom is 0.150 e. The highest BCUT2D eigenvalue weighted by molar-refractivity contribution is 5.95. The van der Waals surface area contributed by atoms with Crippen molar-refractivity contribution in [2.24, 2.45) is 0 Å². The second-order valence-corrected chi connectivity index (χ2v) is 7.17. The van der Waals surface area contributed by atoms with Crippen molar-refractivity contribution in [2.45, 2.75) is 27.7 Å². The van der Waals surface area contributed by atoms with Crippen LogP contribution in [0.25, 0.3) is 16.7 Å². The van der Waals surface area contributed by atoms with E-state index in [4.69, 9.17) is 9.72 Å². The molecule has 0 atom stereocenters. The van der Waals surface area contributed by atoms with Crippen molar-refractivity contribution in [3.63, 3.8) is 0 Å². The molecule has 4 rings (SSSR count). The van der Waals surface area contributed by atoms with Crippen LogP contribution in [0.2, 0.25) is 0 Å². The fourth-order valence-corrected chi connectivity index (χ4v) is 3.62. The van der Waals surface area contributed by atoms with Crippen molar-refractivity contribution in [1.82, 2.24) is 14.5 Å². The molecule has 0 aliphatic carbocycles. The molecule has 0 bridgehead atoms. The number of fused-ring (bicyclic) bond motifs is 1. The third-order valence-corrected chi connectivity index (χ3v) is 5.16. The van der Waals surface area contributed by atoms with Gasteiger partial charge in [-0.1, -0.05) is 6.07 Å². The quantitative estimate of drug-likeness (QED) is 0.497. The predicted octanol–water partition coefficient (Wildman–Crippen LogP) is 5.55.